The fourth-order valence-corrected chi connectivity index (χ4v) is 3.63. The summed E-state index contributed by atoms with van der Waals surface area (Å²) in [5.41, 5.74) is 4.85. The zero-order valence-corrected chi connectivity index (χ0v) is 30.6. The lowest BCUT2D eigenvalue weighted by atomic mass is 10.1. The van der Waals surface area contributed by atoms with Crippen LogP contribution in [-0.2, 0) is 0 Å². The molecule has 4 aromatic rings. The molecule has 248 valence electrons. The van der Waals surface area contributed by atoms with Crippen LogP contribution in [0.15, 0.2) is 18.5 Å². The Morgan fingerprint density at radius 1 is 0.432 bits per heavy atom. The van der Waals surface area contributed by atoms with Crippen LogP contribution < -0.4 is 0 Å². The zero-order chi connectivity index (χ0) is 33.7. The van der Waals surface area contributed by atoms with E-state index in [4.69, 9.17) is 0 Å². The van der Waals surface area contributed by atoms with E-state index in [9.17, 15) is 0 Å². The van der Waals surface area contributed by atoms with Gasteiger partial charge in [0.2, 0.25) is 0 Å². The quantitative estimate of drug-likeness (QED) is 0.158. The van der Waals surface area contributed by atoms with Crippen molar-refractivity contribution in [2.45, 2.75) is 158 Å². The van der Waals surface area contributed by atoms with Crippen molar-refractivity contribution in [2.24, 2.45) is 0 Å². The van der Waals surface area contributed by atoms with Crippen molar-refractivity contribution >= 4 is 0 Å². The van der Waals surface area contributed by atoms with Crippen LogP contribution in [0.3, 0.4) is 0 Å². The molecule has 0 aliphatic carbocycles. The molecule has 0 radical (unpaired) electrons. The third-order valence-electron chi connectivity index (χ3n) is 6.98. The van der Waals surface area contributed by atoms with Gasteiger partial charge in [0.05, 0.1) is 5.69 Å². The predicted molar refractivity (Wildman–Crippen MR) is 185 cm³/mol. The maximum absolute atomic E-state index is 4.34. The first-order valence-electron chi connectivity index (χ1n) is 16.5. The monoisotopic (exact) mass is 610 g/mol. The summed E-state index contributed by atoms with van der Waals surface area (Å²) in [5.74, 6) is 8.11. The highest BCUT2D eigenvalue weighted by molar-refractivity contribution is 5.14. The summed E-state index contributed by atoms with van der Waals surface area (Å²) in [6.45, 7) is 34.2. The second-order valence-electron chi connectivity index (χ2n) is 14.0. The molecule has 9 nitrogen and oxygen atoms in total. The minimum atomic E-state index is 0.416. The largest absolute Gasteiger partial charge is 0.345 e. The minimum absolute atomic E-state index is 0.416. The summed E-state index contributed by atoms with van der Waals surface area (Å²) in [4.78, 5) is 19.5. The van der Waals surface area contributed by atoms with Gasteiger partial charge in [0.15, 0.2) is 5.82 Å². The average Bonchev–Trinajstić information content (AvgIpc) is 3.76. The molecule has 0 saturated heterocycles. The van der Waals surface area contributed by atoms with Gasteiger partial charge in [0.25, 0.3) is 0 Å². The van der Waals surface area contributed by atoms with Crippen LogP contribution in [0.1, 0.15) is 204 Å². The van der Waals surface area contributed by atoms with Gasteiger partial charge < -0.3 is 9.97 Å². The molecule has 4 heterocycles. The second kappa shape index (κ2) is 18.5. The number of aromatic amines is 4. The Morgan fingerprint density at radius 3 is 1.07 bits per heavy atom. The zero-order valence-electron chi connectivity index (χ0n) is 30.6. The van der Waals surface area contributed by atoms with Crippen LogP contribution in [0, 0.1) is 0 Å². The van der Waals surface area contributed by atoms with Crippen molar-refractivity contribution in [1.29, 1.82) is 0 Å². The highest BCUT2D eigenvalue weighted by Gasteiger charge is 2.09. The molecule has 9 heteroatoms. The fourth-order valence-electron chi connectivity index (χ4n) is 3.63. The van der Waals surface area contributed by atoms with E-state index in [-0.39, 0.29) is 0 Å². The first-order valence-corrected chi connectivity index (χ1v) is 16.5. The van der Waals surface area contributed by atoms with Crippen molar-refractivity contribution in [3.8, 4) is 0 Å². The summed E-state index contributed by atoms with van der Waals surface area (Å²) < 4.78 is 0. The number of nitrogens with zero attached hydrogens (tertiary/aromatic N) is 5. The van der Waals surface area contributed by atoms with E-state index in [1.165, 1.54) is 17.1 Å². The highest BCUT2D eigenvalue weighted by Crippen LogP contribution is 2.18. The van der Waals surface area contributed by atoms with E-state index in [0.29, 0.717) is 47.3 Å². The molecule has 0 aliphatic heterocycles. The third kappa shape index (κ3) is 13.2. The maximum Gasteiger partial charge on any atom is 0.153 e. The molecule has 44 heavy (non-hydrogen) atoms. The molecule has 0 amide bonds. The van der Waals surface area contributed by atoms with E-state index in [2.05, 4.69) is 162 Å². The van der Waals surface area contributed by atoms with E-state index in [1.54, 1.807) is 0 Å². The lowest BCUT2D eigenvalue weighted by molar-refractivity contribution is 0.770. The van der Waals surface area contributed by atoms with Gasteiger partial charge in [-0.25, -0.2) is 15.0 Å². The van der Waals surface area contributed by atoms with Crippen LogP contribution in [-0.4, -0.2) is 45.3 Å². The number of hydrogen-bond acceptors (Lipinski definition) is 5. The molecule has 0 aromatic carbocycles. The van der Waals surface area contributed by atoms with E-state index < -0.39 is 0 Å². The van der Waals surface area contributed by atoms with Gasteiger partial charge in [-0.05, 0) is 29.7 Å². The Labute approximate surface area is 267 Å². The Hall–Kier alpha value is -3.23. The molecule has 4 N–H and O–H groups in total. The van der Waals surface area contributed by atoms with Crippen molar-refractivity contribution in [1.82, 2.24) is 45.3 Å². The number of hydrogen-bond donors (Lipinski definition) is 4. The van der Waals surface area contributed by atoms with E-state index >= 15 is 0 Å². The number of rotatable bonds is 8. The van der Waals surface area contributed by atoms with Gasteiger partial charge in [-0.3, -0.25) is 10.2 Å². The molecule has 0 aliphatic rings. The molecular formula is C35H63N9. The van der Waals surface area contributed by atoms with Gasteiger partial charge in [0.1, 0.15) is 17.5 Å². The van der Waals surface area contributed by atoms with Gasteiger partial charge >= 0.3 is 0 Å². The second-order valence-corrected chi connectivity index (χ2v) is 14.0. The molecule has 0 atom stereocenters. The summed E-state index contributed by atoms with van der Waals surface area (Å²) in [7, 11) is 0. The Kier molecular flexibility index (Phi) is 16.4. The van der Waals surface area contributed by atoms with Gasteiger partial charge in [-0.2, -0.15) is 10.2 Å². The maximum atomic E-state index is 4.34. The van der Waals surface area contributed by atoms with E-state index in [1.807, 2.05) is 12.4 Å². The molecule has 0 saturated carbocycles. The van der Waals surface area contributed by atoms with Crippen molar-refractivity contribution in [3.63, 3.8) is 0 Å². The normalized spacial score (nSPS) is 11.5. The summed E-state index contributed by atoms with van der Waals surface area (Å²) in [6.07, 6.45) is 3.86. The first-order chi connectivity index (χ1) is 20.4. The van der Waals surface area contributed by atoms with Crippen molar-refractivity contribution in [3.05, 3.63) is 64.5 Å². The van der Waals surface area contributed by atoms with Gasteiger partial charge in [-0.15, -0.1) is 0 Å². The molecular weight excluding hydrogens is 546 g/mol. The highest BCUT2D eigenvalue weighted by atomic mass is 15.2. The Morgan fingerprint density at radius 2 is 0.864 bits per heavy atom. The number of imidazole rings is 2. The first kappa shape index (κ1) is 38.8. The average molecular weight is 610 g/mol. The fraction of sp³-hybridized carbons (Fsp3) is 0.686. The molecule has 4 aromatic heterocycles. The van der Waals surface area contributed by atoms with E-state index in [0.717, 1.165) is 29.0 Å². The number of aromatic nitrogens is 9. The molecule has 0 fully saturated rings. The van der Waals surface area contributed by atoms with Gasteiger partial charge in [-0.1, -0.05) is 111 Å². The van der Waals surface area contributed by atoms with Crippen LogP contribution in [0.5, 0.6) is 0 Å². The summed E-state index contributed by atoms with van der Waals surface area (Å²) in [5, 5.41) is 14.3. The Balaban J connectivity index is 0.000000293. The molecule has 0 bridgehead atoms. The standard InChI is InChI=1S/3C9H16N2.C8H15N3/c2*1-6(2)8-5-10-9(11-8)7(3)4;1-6(2)8-5-9(7(3)4)11-10-8;1-5(2)7-9-8(6(3)4)11-10-7/h3*5-7H,1-4H3,(H,10,11);5-6H,1-4H3,(H,9,10,11). The summed E-state index contributed by atoms with van der Waals surface area (Å²) >= 11 is 0. The predicted octanol–water partition coefficient (Wildman–Crippen LogP) is 10.0. The van der Waals surface area contributed by atoms with Gasteiger partial charge in [0, 0.05) is 53.1 Å². The topological polar surface area (TPSA) is 128 Å². The number of H-pyrrole nitrogens is 4. The molecule has 0 unspecified atom stereocenters. The van der Waals surface area contributed by atoms with Crippen LogP contribution >= 0.6 is 0 Å². The lowest BCUT2D eigenvalue weighted by Gasteiger charge is -2.00. The lowest BCUT2D eigenvalue weighted by Crippen LogP contribution is -1.92. The SMILES string of the molecule is CC(C)c1cc(C(C)C)[nH]n1.CC(C)c1cnc(C(C)C)[nH]1.CC(C)c1cnc(C(C)C)[nH]1.CC(C)c1n[nH]c(C(C)C)n1. The van der Waals surface area contributed by atoms with Crippen molar-refractivity contribution in [2.75, 3.05) is 0 Å². The minimum Gasteiger partial charge on any atom is -0.345 e. The van der Waals surface area contributed by atoms with Crippen LogP contribution in [0.2, 0.25) is 0 Å². The smallest absolute Gasteiger partial charge is 0.153 e. The van der Waals surface area contributed by atoms with Crippen molar-refractivity contribution < 1.29 is 0 Å². The number of nitrogens with one attached hydrogen (secondary N) is 4. The molecule has 0 spiro atoms. The molecule has 4 rings (SSSR count). The van der Waals surface area contributed by atoms with Crippen LogP contribution in [0.4, 0.5) is 0 Å². The van der Waals surface area contributed by atoms with Crippen LogP contribution in [0.25, 0.3) is 0 Å². The third-order valence-corrected chi connectivity index (χ3v) is 6.98. The Bertz CT molecular complexity index is 1010. The summed E-state index contributed by atoms with van der Waals surface area (Å²) in [6, 6.07) is 2.15.